The highest BCUT2D eigenvalue weighted by Gasteiger charge is 2.37. The standard InChI is InChI=1S/C21H21N3O2/c1-13-14(19(25)24(5)20(26)15(13)12-22)10-11-18-21(2,3)16-8-6-7-9-17(16)23(18)4/h6-11,26H,1H2,2-5H3/b14-10+,18-11?. The Bertz CT molecular complexity index is 1150. The predicted octanol–water partition coefficient (Wildman–Crippen LogP) is 1.46. The van der Waals surface area contributed by atoms with Crippen molar-refractivity contribution in [2.24, 2.45) is 7.05 Å². The molecule has 0 saturated carbocycles. The van der Waals surface area contributed by atoms with Gasteiger partial charge >= 0.3 is 0 Å². The molecule has 0 aliphatic carbocycles. The van der Waals surface area contributed by atoms with Gasteiger partial charge in [0.1, 0.15) is 11.6 Å². The third-order valence-corrected chi connectivity index (χ3v) is 5.16. The van der Waals surface area contributed by atoms with Gasteiger partial charge < -0.3 is 10.0 Å². The minimum absolute atomic E-state index is 0.0130. The number of nitriles is 1. The number of para-hydroxylation sites is 1. The van der Waals surface area contributed by atoms with Crippen LogP contribution in [0.15, 0.2) is 40.8 Å². The second-order valence-electron chi connectivity index (χ2n) is 6.99. The normalized spacial score (nSPS) is 17.4. The molecule has 2 heterocycles. The van der Waals surface area contributed by atoms with E-state index >= 15 is 0 Å². The summed E-state index contributed by atoms with van der Waals surface area (Å²) in [5.41, 5.74) is 2.78. The number of rotatable bonds is 1. The van der Waals surface area contributed by atoms with Crippen molar-refractivity contribution < 1.29 is 5.11 Å². The summed E-state index contributed by atoms with van der Waals surface area (Å²) in [6.45, 7) is 8.09. The van der Waals surface area contributed by atoms with E-state index in [1.807, 2.05) is 31.3 Å². The van der Waals surface area contributed by atoms with Crippen LogP contribution < -0.4 is 20.9 Å². The van der Waals surface area contributed by atoms with Crippen molar-refractivity contribution in [1.82, 2.24) is 4.57 Å². The van der Waals surface area contributed by atoms with Crippen molar-refractivity contribution in [2.45, 2.75) is 19.3 Å². The molecule has 1 aromatic carbocycles. The third kappa shape index (κ3) is 2.34. The number of aromatic nitrogens is 1. The number of hydrogen-bond donors (Lipinski definition) is 1. The lowest BCUT2D eigenvalue weighted by atomic mass is 9.84. The molecule has 2 aromatic rings. The van der Waals surface area contributed by atoms with Crippen LogP contribution in [0.4, 0.5) is 5.69 Å². The first-order valence-corrected chi connectivity index (χ1v) is 8.28. The second-order valence-corrected chi connectivity index (χ2v) is 6.99. The molecule has 0 saturated heterocycles. The SMILES string of the molecule is C=c1c(C#N)c(O)n(C)c(=O)/c1=C/C=C1N(C)c2ccccc2C1(C)C. The fourth-order valence-corrected chi connectivity index (χ4v) is 3.60. The molecule has 0 unspecified atom stereocenters. The number of likely N-dealkylation sites (N-methyl/N-ethyl adjacent to an activating group) is 1. The molecule has 0 fully saturated rings. The monoisotopic (exact) mass is 347 g/mol. The van der Waals surface area contributed by atoms with Gasteiger partial charge in [0, 0.05) is 41.3 Å². The summed E-state index contributed by atoms with van der Waals surface area (Å²) in [6, 6.07) is 10.1. The van der Waals surface area contributed by atoms with E-state index < -0.39 is 0 Å². The zero-order valence-electron chi connectivity index (χ0n) is 15.4. The zero-order chi connectivity index (χ0) is 19.2. The molecule has 1 aliphatic heterocycles. The largest absolute Gasteiger partial charge is 0.493 e. The quantitative estimate of drug-likeness (QED) is 0.848. The van der Waals surface area contributed by atoms with Gasteiger partial charge in [-0.15, -0.1) is 0 Å². The molecule has 1 aromatic heterocycles. The summed E-state index contributed by atoms with van der Waals surface area (Å²) in [4.78, 5) is 14.6. The van der Waals surface area contributed by atoms with Crippen LogP contribution in [0.5, 0.6) is 5.88 Å². The molecule has 132 valence electrons. The van der Waals surface area contributed by atoms with E-state index in [9.17, 15) is 15.2 Å². The molecule has 0 atom stereocenters. The maximum absolute atomic E-state index is 12.5. The van der Waals surface area contributed by atoms with Gasteiger partial charge in [-0.3, -0.25) is 9.36 Å². The number of anilines is 1. The van der Waals surface area contributed by atoms with Crippen molar-refractivity contribution in [1.29, 1.82) is 5.26 Å². The van der Waals surface area contributed by atoms with E-state index in [0.717, 1.165) is 16.0 Å². The van der Waals surface area contributed by atoms with E-state index in [1.165, 1.54) is 12.6 Å². The zero-order valence-corrected chi connectivity index (χ0v) is 15.4. The average Bonchev–Trinajstić information content (AvgIpc) is 2.81. The maximum Gasteiger partial charge on any atom is 0.260 e. The Morgan fingerprint density at radius 3 is 2.50 bits per heavy atom. The predicted molar refractivity (Wildman–Crippen MR) is 103 cm³/mol. The van der Waals surface area contributed by atoms with E-state index in [-0.39, 0.29) is 27.6 Å². The Balaban J connectivity index is 2.27. The lowest BCUT2D eigenvalue weighted by Crippen LogP contribution is -2.45. The molecule has 1 N–H and O–H groups in total. The Hall–Kier alpha value is -3.26. The molecule has 0 spiro atoms. The maximum atomic E-state index is 12.5. The van der Waals surface area contributed by atoms with E-state index in [4.69, 9.17) is 0 Å². The van der Waals surface area contributed by atoms with Gasteiger partial charge in [0.2, 0.25) is 5.88 Å². The summed E-state index contributed by atoms with van der Waals surface area (Å²) in [5, 5.41) is 19.8. The van der Waals surface area contributed by atoms with Crippen LogP contribution in [-0.4, -0.2) is 16.7 Å². The fraction of sp³-hybridized carbons (Fsp3) is 0.238. The van der Waals surface area contributed by atoms with Crippen LogP contribution in [0.2, 0.25) is 0 Å². The van der Waals surface area contributed by atoms with Gasteiger partial charge in [0.25, 0.3) is 5.56 Å². The summed E-state index contributed by atoms with van der Waals surface area (Å²) < 4.78 is 1.07. The lowest BCUT2D eigenvalue weighted by molar-refractivity contribution is 0.420. The highest BCUT2D eigenvalue weighted by molar-refractivity contribution is 5.71. The average molecular weight is 347 g/mol. The van der Waals surface area contributed by atoms with Crippen molar-refractivity contribution in [3.8, 4) is 11.9 Å². The summed E-state index contributed by atoms with van der Waals surface area (Å²) in [7, 11) is 3.43. The second kappa shape index (κ2) is 5.92. The topological polar surface area (TPSA) is 69.3 Å². The molecule has 0 amide bonds. The molecule has 1 aliphatic rings. The van der Waals surface area contributed by atoms with Gasteiger partial charge in [-0.1, -0.05) is 38.6 Å². The molecule has 0 bridgehead atoms. The first kappa shape index (κ1) is 17.6. The number of hydrogen-bond acceptors (Lipinski definition) is 4. The molecule has 3 rings (SSSR count). The summed E-state index contributed by atoms with van der Waals surface area (Å²) in [6.07, 6.45) is 3.58. The molecule has 0 radical (unpaired) electrons. The minimum atomic E-state index is -0.390. The Morgan fingerprint density at radius 2 is 1.88 bits per heavy atom. The highest BCUT2D eigenvalue weighted by atomic mass is 16.3. The number of benzene rings is 1. The van der Waals surface area contributed by atoms with Gasteiger partial charge in [-0.2, -0.15) is 5.26 Å². The van der Waals surface area contributed by atoms with Crippen LogP contribution >= 0.6 is 0 Å². The van der Waals surface area contributed by atoms with Gasteiger partial charge in [0.15, 0.2) is 0 Å². The van der Waals surface area contributed by atoms with Crippen LogP contribution in [0.3, 0.4) is 0 Å². The lowest BCUT2D eigenvalue weighted by Gasteiger charge is -2.23. The minimum Gasteiger partial charge on any atom is -0.493 e. The van der Waals surface area contributed by atoms with Crippen LogP contribution in [0.1, 0.15) is 25.0 Å². The summed E-state index contributed by atoms with van der Waals surface area (Å²) in [5.74, 6) is -0.363. The van der Waals surface area contributed by atoms with E-state index in [2.05, 4.69) is 37.5 Å². The van der Waals surface area contributed by atoms with Crippen molar-refractivity contribution in [3.05, 3.63) is 68.0 Å². The number of nitrogens with zero attached hydrogens (tertiary/aromatic N) is 3. The molecule has 5 nitrogen and oxygen atoms in total. The molecular weight excluding hydrogens is 326 g/mol. The van der Waals surface area contributed by atoms with Crippen molar-refractivity contribution in [3.63, 3.8) is 0 Å². The van der Waals surface area contributed by atoms with E-state index in [1.54, 1.807) is 6.08 Å². The number of fused-ring (bicyclic) bond motifs is 1. The first-order chi connectivity index (χ1) is 12.2. The Morgan fingerprint density at radius 1 is 1.23 bits per heavy atom. The molecule has 26 heavy (non-hydrogen) atoms. The first-order valence-electron chi connectivity index (χ1n) is 8.28. The Kier molecular flexibility index (Phi) is 4.00. The third-order valence-electron chi connectivity index (χ3n) is 5.16. The van der Waals surface area contributed by atoms with Gasteiger partial charge in [-0.25, -0.2) is 0 Å². The smallest absolute Gasteiger partial charge is 0.260 e. The van der Waals surface area contributed by atoms with Gasteiger partial charge in [-0.05, 0) is 23.8 Å². The Labute approximate surface area is 152 Å². The number of pyridine rings is 1. The van der Waals surface area contributed by atoms with Gasteiger partial charge in [0.05, 0.1) is 0 Å². The van der Waals surface area contributed by atoms with Crippen molar-refractivity contribution in [2.75, 3.05) is 11.9 Å². The fourth-order valence-electron chi connectivity index (χ4n) is 3.60. The molecule has 5 heteroatoms. The number of aromatic hydroxyl groups is 1. The van der Waals surface area contributed by atoms with Crippen LogP contribution in [0, 0.1) is 11.3 Å². The molecular formula is C21H21N3O2. The number of allylic oxidation sites excluding steroid dienone is 2. The summed E-state index contributed by atoms with van der Waals surface area (Å²) >= 11 is 0. The van der Waals surface area contributed by atoms with Crippen LogP contribution in [-0.2, 0) is 12.5 Å². The van der Waals surface area contributed by atoms with E-state index in [0.29, 0.717) is 5.22 Å². The van der Waals surface area contributed by atoms with Crippen molar-refractivity contribution >= 4 is 18.3 Å². The van der Waals surface area contributed by atoms with Crippen LogP contribution in [0.25, 0.3) is 12.7 Å². The highest BCUT2D eigenvalue weighted by Crippen LogP contribution is 2.46.